The molecule has 0 saturated carbocycles. The number of pyridine rings is 1. The molecular formula is C9H11F2N3O2. The molecule has 16 heavy (non-hydrogen) atoms. The molecule has 1 aromatic rings. The van der Waals surface area contributed by atoms with Gasteiger partial charge in [0.25, 0.3) is 0 Å². The first-order chi connectivity index (χ1) is 7.49. The third-order valence-electron chi connectivity index (χ3n) is 1.73. The van der Waals surface area contributed by atoms with E-state index in [1.165, 1.54) is 17.0 Å². The molecule has 0 aliphatic heterocycles. The molecule has 0 aromatic carbocycles. The van der Waals surface area contributed by atoms with Crippen molar-refractivity contribution in [2.75, 3.05) is 18.5 Å². The van der Waals surface area contributed by atoms with Gasteiger partial charge in [0.05, 0.1) is 12.7 Å². The summed E-state index contributed by atoms with van der Waals surface area (Å²) in [5, 5.41) is 0. The number of halogens is 2. The van der Waals surface area contributed by atoms with Crippen LogP contribution in [0.25, 0.3) is 0 Å². The lowest BCUT2D eigenvalue weighted by molar-refractivity contribution is -0.116. The van der Waals surface area contributed by atoms with Crippen LogP contribution in [0.15, 0.2) is 18.3 Å². The lowest BCUT2D eigenvalue weighted by Crippen LogP contribution is -2.30. The molecule has 0 bridgehead atoms. The maximum atomic E-state index is 11.8. The third kappa shape index (κ3) is 3.68. The fourth-order valence-corrected chi connectivity index (χ4v) is 1.09. The van der Waals surface area contributed by atoms with Crippen molar-refractivity contribution >= 4 is 11.7 Å². The number of anilines is 1. The smallest absolute Gasteiger partial charge is 0.387 e. The van der Waals surface area contributed by atoms with Gasteiger partial charge in [-0.05, 0) is 12.1 Å². The van der Waals surface area contributed by atoms with Crippen LogP contribution in [0.1, 0.15) is 0 Å². The quantitative estimate of drug-likeness (QED) is 0.805. The topological polar surface area (TPSA) is 68.5 Å². The third-order valence-corrected chi connectivity index (χ3v) is 1.73. The molecule has 1 aromatic heterocycles. The van der Waals surface area contributed by atoms with Crippen molar-refractivity contribution < 1.29 is 18.3 Å². The predicted molar refractivity (Wildman–Crippen MR) is 53.3 cm³/mol. The van der Waals surface area contributed by atoms with Crippen LogP contribution in [0.4, 0.5) is 14.6 Å². The first-order valence-electron chi connectivity index (χ1n) is 4.39. The molecule has 0 aliphatic carbocycles. The zero-order valence-corrected chi connectivity index (χ0v) is 8.56. The summed E-state index contributed by atoms with van der Waals surface area (Å²) in [6.07, 6.45) is 1.15. The summed E-state index contributed by atoms with van der Waals surface area (Å²) in [7, 11) is 1.61. The number of primary amides is 1. The molecule has 0 fully saturated rings. The van der Waals surface area contributed by atoms with E-state index in [2.05, 4.69) is 9.72 Å². The normalized spacial score (nSPS) is 10.2. The maximum Gasteiger partial charge on any atom is 0.387 e. The van der Waals surface area contributed by atoms with Gasteiger partial charge in [0.1, 0.15) is 11.6 Å². The van der Waals surface area contributed by atoms with Gasteiger partial charge in [-0.3, -0.25) is 4.79 Å². The summed E-state index contributed by atoms with van der Waals surface area (Å²) in [6.45, 7) is -2.88. The number of carbonyl (C=O) groups is 1. The second kappa shape index (κ2) is 5.24. The fourth-order valence-electron chi connectivity index (χ4n) is 1.09. The van der Waals surface area contributed by atoms with Crippen LogP contribution < -0.4 is 15.4 Å². The molecule has 1 rings (SSSR count). The van der Waals surface area contributed by atoms with Crippen LogP contribution in [0.3, 0.4) is 0 Å². The standard InChI is InChI=1S/C9H11F2N3O2/c1-14(5-7(12)15)8-3-2-6(4-13-8)16-9(10)11/h2-4,9H,5H2,1H3,(H2,12,15). The van der Waals surface area contributed by atoms with Crippen molar-refractivity contribution in [3.8, 4) is 5.75 Å². The number of nitrogens with zero attached hydrogens (tertiary/aromatic N) is 2. The van der Waals surface area contributed by atoms with Gasteiger partial charge < -0.3 is 15.4 Å². The highest BCUT2D eigenvalue weighted by atomic mass is 19.3. The summed E-state index contributed by atoms with van der Waals surface area (Å²) in [5.41, 5.74) is 4.99. The van der Waals surface area contributed by atoms with Crippen molar-refractivity contribution in [2.24, 2.45) is 5.73 Å². The van der Waals surface area contributed by atoms with E-state index < -0.39 is 12.5 Å². The van der Waals surface area contributed by atoms with E-state index >= 15 is 0 Å². The Hall–Kier alpha value is -1.92. The minimum Gasteiger partial charge on any atom is -0.433 e. The summed E-state index contributed by atoms with van der Waals surface area (Å²) >= 11 is 0. The number of carbonyl (C=O) groups excluding carboxylic acids is 1. The number of rotatable bonds is 5. The van der Waals surface area contributed by atoms with Gasteiger partial charge in [-0.2, -0.15) is 8.78 Å². The number of amides is 1. The predicted octanol–water partition coefficient (Wildman–Crippen LogP) is 0.604. The number of hydrogen-bond acceptors (Lipinski definition) is 4. The molecule has 1 amide bonds. The zero-order chi connectivity index (χ0) is 12.1. The van der Waals surface area contributed by atoms with E-state index in [4.69, 9.17) is 5.73 Å². The average molecular weight is 231 g/mol. The van der Waals surface area contributed by atoms with Gasteiger partial charge in [0, 0.05) is 7.05 Å². The van der Waals surface area contributed by atoms with E-state index in [-0.39, 0.29) is 12.3 Å². The Morgan fingerprint density at radius 1 is 1.62 bits per heavy atom. The Labute approximate surface area is 90.8 Å². The van der Waals surface area contributed by atoms with E-state index in [1.54, 1.807) is 7.05 Å². The Balaban J connectivity index is 2.66. The first kappa shape index (κ1) is 12.2. The second-order valence-corrected chi connectivity index (χ2v) is 3.05. The fraction of sp³-hybridized carbons (Fsp3) is 0.333. The van der Waals surface area contributed by atoms with Crippen LogP contribution in [0.5, 0.6) is 5.75 Å². The van der Waals surface area contributed by atoms with Crippen LogP contribution in [-0.2, 0) is 4.79 Å². The number of alkyl halides is 2. The molecular weight excluding hydrogens is 220 g/mol. The Morgan fingerprint density at radius 2 is 2.31 bits per heavy atom. The number of ether oxygens (including phenoxy) is 1. The highest BCUT2D eigenvalue weighted by Crippen LogP contribution is 2.16. The summed E-state index contributed by atoms with van der Waals surface area (Å²) in [5.74, 6) is -0.0937. The van der Waals surface area contributed by atoms with Crippen LogP contribution >= 0.6 is 0 Å². The van der Waals surface area contributed by atoms with Crippen molar-refractivity contribution in [3.63, 3.8) is 0 Å². The highest BCUT2D eigenvalue weighted by Gasteiger charge is 2.07. The Kier molecular flexibility index (Phi) is 3.98. The summed E-state index contributed by atoms with van der Waals surface area (Å²) in [4.78, 5) is 16.0. The SMILES string of the molecule is CN(CC(N)=O)c1ccc(OC(F)F)cn1. The van der Waals surface area contributed by atoms with Crippen molar-refractivity contribution in [2.45, 2.75) is 6.61 Å². The molecule has 0 unspecified atom stereocenters. The minimum absolute atomic E-state index is 0.00203. The van der Waals surface area contributed by atoms with Crippen LogP contribution in [-0.4, -0.2) is 31.1 Å². The van der Waals surface area contributed by atoms with Crippen molar-refractivity contribution in [1.82, 2.24) is 4.98 Å². The molecule has 7 heteroatoms. The summed E-state index contributed by atoms with van der Waals surface area (Å²) in [6, 6.07) is 2.80. The monoisotopic (exact) mass is 231 g/mol. The Bertz CT molecular complexity index is 356. The van der Waals surface area contributed by atoms with Gasteiger partial charge in [0.2, 0.25) is 5.91 Å². The van der Waals surface area contributed by atoms with Gasteiger partial charge in [-0.15, -0.1) is 0 Å². The lowest BCUT2D eigenvalue weighted by Gasteiger charge is -2.15. The van der Waals surface area contributed by atoms with Crippen LogP contribution in [0.2, 0.25) is 0 Å². The second-order valence-electron chi connectivity index (χ2n) is 3.05. The zero-order valence-electron chi connectivity index (χ0n) is 8.56. The molecule has 2 N–H and O–H groups in total. The van der Waals surface area contributed by atoms with Gasteiger partial charge in [-0.25, -0.2) is 4.98 Å². The number of nitrogens with two attached hydrogens (primary N) is 1. The van der Waals surface area contributed by atoms with E-state index in [0.29, 0.717) is 5.82 Å². The molecule has 88 valence electrons. The molecule has 0 saturated heterocycles. The Morgan fingerprint density at radius 3 is 2.75 bits per heavy atom. The van der Waals surface area contributed by atoms with E-state index in [1.807, 2.05) is 0 Å². The maximum absolute atomic E-state index is 11.8. The van der Waals surface area contributed by atoms with Gasteiger partial charge in [0.15, 0.2) is 0 Å². The summed E-state index contributed by atoms with van der Waals surface area (Å²) < 4.78 is 27.8. The van der Waals surface area contributed by atoms with Crippen molar-refractivity contribution in [3.05, 3.63) is 18.3 Å². The largest absolute Gasteiger partial charge is 0.433 e. The van der Waals surface area contributed by atoms with E-state index in [0.717, 1.165) is 6.20 Å². The van der Waals surface area contributed by atoms with E-state index in [9.17, 15) is 13.6 Å². The molecule has 0 radical (unpaired) electrons. The molecule has 1 heterocycles. The minimum atomic E-state index is -2.88. The lowest BCUT2D eigenvalue weighted by atomic mass is 10.4. The molecule has 5 nitrogen and oxygen atoms in total. The molecule has 0 spiro atoms. The number of aromatic nitrogens is 1. The van der Waals surface area contributed by atoms with Gasteiger partial charge >= 0.3 is 6.61 Å². The number of hydrogen-bond donors (Lipinski definition) is 1. The molecule has 0 aliphatic rings. The van der Waals surface area contributed by atoms with Crippen LogP contribution in [0, 0.1) is 0 Å². The first-order valence-corrected chi connectivity index (χ1v) is 4.39. The average Bonchev–Trinajstić information content (AvgIpc) is 2.16. The highest BCUT2D eigenvalue weighted by molar-refractivity contribution is 5.78. The number of likely N-dealkylation sites (N-methyl/N-ethyl adjacent to an activating group) is 1. The molecule has 0 atom stereocenters. The van der Waals surface area contributed by atoms with Crippen molar-refractivity contribution in [1.29, 1.82) is 0 Å². The van der Waals surface area contributed by atoms with Gasteiger partial charge in [-0.1, -0.05) is 0 Å².